The van der Waals surface area contributed by atoms with E-state index in [1.165, 1.54) is 23.9 Å². The second-order valence-corrected chi connectivity index (χ2v) is 3.56. The fraction of sp³-hybridized carbons (Fsp3) is 0.182. The number of aromatic hydroxyl groups is 1. The van der Waals surface area contributed by atoms with E-state index >= 15 is 0 Å². The van der Waals surface area contributed by atoms with Crippen molar-refractivity contribution in [3.8, 4) is 22.8 Å². The molecule has 0 aliphatic rings. The molecule has 2 aromatic rings. The van der Waals surface area contributed by atoms with Gasteiger partial charge in [0.2, 0.25) is 0 Å². The number of aryl methyl sites for hydroxylation is 1. The molecule has 5 nitrogen and oxygen atoms in total. The molecule has 3 N–H and O–H groups in total. The summed E-state index contributed by atoms with van der Waals surface area (Å²) in [6.45, 7) is 0. The Hall–Kier alpha value is -2.24. The molecule has 0 bridgehead atoms. The van der Waals surface area contributed by atoms with Gasteiger partial charge in [-0.05, 0) is 12.1 Å². The normalized spacial score (nSPS) is 10.5. The summed E-state index contributed by atoms with van der Waals surface area (Å²) >= 11 is 0. The highest BCUT2D eigenvalue weighted by molar-refractivity contribution is 5.67. The molecular weight excluding hydrogens is 225 g/mol. The summed E-state index contributed by atoms with van der Waals surface area (Å²) in [7, 11) is 2.95. The first-order valence-corrected chi connectivity index (χ1v) is 4.90. The molecule has 0 radical (unpaired) electrons. The quantitative estimate of drug-likeness (QED) is 0.830. The van der Waals surface area contributed by atoms with Crippen molar-refractivity contribution in [2.75, 3.05) is 12.8 Å². The Morgan fingerprint density at radius 1 is 1.47 bits per heavy atom. The van der Waals surface area contributed by atoms with E-state index < -0.39 is 5.82 Å². The van der Waals surface area contributed by atoms with Crippen molar-refractivity contribution in [3.63, 3.8) is 0 Å². The maximum absolute atomic E-state index is 14.0. The highest BCUT2D eigenvalue weighted by Crippen LogP contribution is 2.35. The van der Waals surface area contributed by atoms with Gasteiger partial charge in [-0.3, -0.25) is 4.68 Å². The molecule has 0 amide bonds. The predicted octanol–water partition coefficient (Wildman–Crippen LogP) is 1.52. The molecule has 0 fully saturated rings. The largest absolute Gasteiger partial charge is 0.504 e. The summed E-state index contributed by atoms with van der Waals surface area (Å²) in [6.07, 6.45) is 0. The van der Waals surface area contributed by atoms with Gasteiger partial charge in [0.15, 0.2) is 17.3 Å². The van der Waals surface area contributed by atoms with Gasteiger partial charge >= 0.3 is 0 Å². The van der Waals surface area contributed by atoms with Gasteiger partial charge in [0.1, 0.15) is 5.82 Å². The van der Waals surface area contributed by atoms with E-state index in [1.54, 1.807) is 13.1 Å². The smallest absolute Gasteiger partial charge is 0.197 e. The lowest BCUT2D eigenvalue weighted by atomic mass is 10.1. The number of nitrogen functional groups attached to an aromatic ring is 1. The van der Waals surface area contributed by atoms with Crippen LogP contribution in [0.4, 0.5) is 10.2 Å². The molecule has 17 heavy (non-hydrogen) atoms. The summed E-state index contributed by atoms with van der Waals surface area (Å²) in [5.41, 5.74) is 6.24. The summed E-state index contributed by atoms with van der Waals surface area (Å²) in [5.74, 6) is -0.693. The third kappa shape index (κ3) is 1.77. The summed E-state index contributed by atoms with van der Waals surface area (Å²) in [4.78, 5) is 0. The zero-order valence-electron chi connectivity index (χ0n) is 9.44. The van der Waals surface area contributed by atoms with Gasteiger partial charge in [0, 0.05) is 18.7 Å². The first-order chi connectivity index (χ1) is 8.04. The van der Waals surface area contributed by atoms with Gasteiger partial charge in [-0.2, -0.15) is 5.10 Å². The number of hydrogen-bond acceptors (Lipinski definition) is 4. The van der Waals surface area contributed by atoms with Crippen LogP contribution in [-0.4, -0.2) is 22.0 Å². The SMILES string of the molecule is COc1c(O)ccc(-c2cc(N)n(C)n2)c1F. The molecule has 0 aliphatic heterocycles. The zero-order valence-corrected chi connectivity index (χ0v) is 9.44. The predicted molar refractivity (Wildman–Crippen MR) is 61.2 cm³/mol. The monoisotopic (exact) mass is 237 g/mol. The standard InChI is InChI=1S/C11H12FN3O2/c1-15-9(13)5-7(14-15)6-3-4-8(16)11(17-2)10(6)12/h3-5,16H,13H2,1-2H3. The lowest BCUT2D eigenvalue weighted by Crippen LogP contribution is -1.97. The Labute approximate surface area is 97.2 Å². The minimum Gasteiger partial charge on any atom is -0.504 e. The van der Waals surface area contributed by atoms with Gasteiger partial charge in [0.05, 0.1) is 12.8 Å². The summed E-state index contributed by atoms with van der Waals surface area (Å²) in [5, 5.41) is 13.5. The number of nitrogens with two attached hydrogens (primary N) is 1. The molecule has 0 unspecified atom stereocenters. The number of nitrogens with zero attached hydrogens (tertiary/aromatic N) is 2. The van der Waals surface area contributed by atoms with Crippen molar-refractivity contribution in [2.45, 2.75) is 0 Å². The number of phenolic OH excluding ortho intramolecular Hbond substituents is 1. The second-order valence-electron chi connectivity index (χ2n) is 3.56. The minimum atomic E-state index is -0.661. The average molecular weight is 237 g/mol. The van der Waals surface area contributed by atoms with Crippen LogP contribution in [0.3, 0.4) is 0 Å². The van der Waals surface area contributed by atoms with Gasteiger partial charge in [-0.1, -0.05) is 0 Å². The molecule has 1 aromatic heterocycles. The van der Waals surface area contributed by atoms with Crippen LogP contribution in [0.15, 0.2) is 18.2 Å². The van der Waals surface area contributed by atoms with Crippen molar-refractivity contribution in [1.29, 1.82) is 0 Å². The van der Waals surface area contributed by atoms with Crippen molar-refractivity contribution in [1.82, 2.24) is 9.78 Å². The van der Waals surface area contributed by atoms with E-state index in [2.05, 4.69) is 5.10 Å². The van der Waals surface area contributed by atoms with E-state index in [0.29, 0.717) is 11.5 Å². The molecule has 2 rings (SSSR count). The van der Waals surface area contributed by atoms with Gasteiger partial charge in [-0.15, -0.1) is 0 Å². The van der Waals surface area contributed by atoms with Crippen LogP contribution in [-0.2, 0) is 7.05 Å². The van der Waals surface area contributed by atoms with Crippen molar-refractivity contribution < 1.29 is 14.2 Å². The van der Waals surface area contributed by atoms with Crippen molar-refractivity contribution in [2.24, 2.45) is 7.05 Å². The van der Waals surface area contributed by atoms with Crippen LogP contribution in [0.5, 0.6) is 11.5 Å². The molecule has 1 aromatic carbocycles. The third-order valence-electron chi connectivity index (χ3n) is 2.47. The first kappa shape index (κ1) is 11.3. The number of methoxy groups -OCH3 is 1. The second kappa shape index (κ2) is 3.97. The Morgan fingerprint density at radius 2 is 2.18 bits per heavy atom. The summed E-state index contributed by atoms with van der Waals surface area (Å²) in [6, 6.07) is 4.33. The van der Waals surface area contributed by atoms with Crippen molar-refractivity contribution in [3.05, 3.63) is 24.0 Å². The number of rotatable bonds is 2. The number of aromatic nitrogens is 2. The molecular formula is C11H12FN3O2. The van der Waals surface area contributed by atoms with Gasteiger partial charge in [0.25, 0.3) is 0 Å². The first-order valence-electron chi connectivity index (χ1n) is 4.90. The minimum absolute atomic E-state index is 0.202. The van der Waals surface area contributed by atoms with E-state index in [-0.39, 0.29) is 17.1 Å². The zero-order chi connectivity index (χ0) is 12.6. The number of phenols is 1. The third-order valence-corrected chi connectivity index (χ3v) is 2.47. The summed E-state index contributed by atoms with van der Waals surface area (Å²) < 4.78 is 20.2. The molecule has 90 valence electrons. The van der Waals surface area contributed by atoms with Gasteiger partial charge in [-0.25, -0.2) is 4.39 Å². The Balaban J connectivity index is 2.60. The van der Waals surface area contributed by atoms with Crippen LogP contribution >= 0.6 is 0 Å². The van der Waals surface area contributed by atoms with Crippen molar-refractivity contribution >= 4 is 5.82 Å². The molecule has 1 heterocycles. The molecule has 0 aliphatic carbocycles. The highest BCUT2D eigenvalue weighted by atomic mass is 19.1. The van der Waals surface area contributed by atoms with E-state index in [4.69, 9.17) is 10.5 Å². The van der Waals surface area contributed by atoms with Crippen LogP contribution in [0.25, 0.3) is 11.3 Å². The van der Waals surface area contributed by atoms with Gasteiger partial charge < -0.3 is 15.6 Å². The van der Waals surface area contributed by atoms with Crippen LogP contribution in [0, 0.1) is 5.82 Å². The van der Waals surface area contributed by atoms with E-state index in [0.717, 1.165) is 0 Å². The lowest BCUT2D eigenvalue weighted by molar-refractivity contribution is 0.352. The maximum atomic E-state index is 14.0. The number of halogens is 1. The molecule has 0 spiro atoms. The van der Waals surface area contributed by atoms with Crippen LogP contribution < -0.4 is 10.5 Å². The highest BCUT2D eigenvalue weighted by Gasteiger charge is 2.17. The lowest BCUT2D eigenvalue weighted by Gasteiger charge is -2.07. The molecule has 0 saturated carbocycles. The fourth-order valence-corrected chi connectivity index (χ4v) is 1.55. The fourth-order valence-electron chi connectivity index (χ4n) is 1.55. The molecule has 0 atom stereocenters. The number of benzene rings is 1. The molecule has 6 heteroatoms. The topological polar surface area (TPSA) is 73.3 Å². The Kier molecular flexibility index (Phi) is 2.63. The Morgan fingerprint density at radius 3 is 2.71 bits per heavy atom. The van der Waals surface area contributed by atoms with Crippen LogP contribution in [0.2, 0.25) is 0 Å². The van der Waals surface area contributed by atoms with E-state index in [9.17, 15) is 9.50 Å². The Bertz CT molecular complexity index is 547. The number of hydrogen-bond donors (Lipinski definition) is 2. The number of ether oxygens (including phenoxy) is 1. The molecule has 0 saturated heterocycles. The average Bonchev–Trinajstić information content (AvgIpc) is 2.59. The number of anilines is 1. The maximum Gasteiger partial charge on any atom is 0.197 e. The van der Waals surface area contributed by atoms with Crippen LogP contribution in [0.1, 0.15) is 0 Å². The van der Waals surface area contributed by atoms with E-state index in [1.807, 2.05) is 0 Å².